The lowest BCUT2D eigenvalue weighted by Crippen LogP contribution is -2.56. The number of hydrogen-bond acceptors (Lipinski definition) is 5. The summed E-state index contributed by atoms with van der Waals surface area (Å²) in [6, 6.07) is 8.38. The molecule has 9 heteroatoms. The first-order valence-electron chi connectivity index (χ1n) is 10.1. The zero-order valence-corrected chi connectivity index (χ0v) is 20.6. The Morgan fingerprint density at radius 1 is 1.26 bits per heavy atom. The van der Waals surface area contributed by atoms with Gasteiger partial charge in [-0.3, -0.25) is 14.9 Å². The Balaban J connectivity index is 0.00000341. The van der Waals surface area contributed by atoms with Crippen molar-refractivity contribution in [2.75, 3.05) is 39.9 Å². The second-order valence-electron chi connectivity index (χ2n) is 7.75. The minimum Gasteiger partial charge on any atom is -0.453 e. The molecule has 3 rings (SSSR count). The molecule has 0 saturated carbocycles. The van der Waals surface area contributed by atoms with Gasteiger partial charge in [0.1, 0.15) is 5.75 Å². The van der Waals surface area contributed by atoms with Crippen LogP contribution in [0, 0.1) is 5.82 Å². The van der Waals surface area contributed by atoms with E-state index in [9.17, 15) is 4.39 Å². The zero-order valence-electron chi connectivity index (χ0n) is 18.2. The Labute approximate surface area is 200 Å². The monoisotopic (exact) mass is 543 g/mol. The van der Waals surface area contributed by atoms with Crippen LogP contribution in [0.2, 0.25) is 0 Å². The van der Waals surface area contributed by atoms with Crippen LogP contribution < -0.4 is 15.4 Å². The highest BCUT2D eigenvalue weighted by Gasteiger charge is 2.28. The van der Waals surface area contributed by atoms with Gasteiger partial charge in [0.25, 0.3) is 0 Å². The molecule has 1 saturated heterocycles. The Hall–Kier alpha value is -1.98. The summed E-state index contributed by atoms with van der Waals surface area (Å²) in [6.45, 7) is 8.97. The number of aromatic nitrogens is 1. The minimum atomic E-state index is -0.422. The fourth-order valence-corrected chi connectivity index (χ4v) is 3.26. The van der Waals surface area contributed by atoms with Gasteiger partial charge in [-0.2, -0.15) is 0 Å². The number of benzene rings is 1. The van der Waals surface area contributed by atoms with Crippen LogP contribution in [0.15, 0.2) is 47.7 Å². The number of guanidine groups is 1. The summed E-state index contributed by atoms with van der Waals surface area (Å²) in [5, 5.41) is 6.60. The number of nitrogens with one attached hydrogen (secondary N) is 2. The lowest BCUT2D eigenvalue weighted by atomic mass is 10.0. The fraction of sp³-hybridized carbons (Fsp3) is 0.455. The molecular formula is C22H31FIN5O2. The molecule has 0 spiro atoms. The Bertz CT molecular complexity index is 845. The maximum absolute atomic E-state index is 14.4. The molecule has 0 amide bonds. The smallest absolute Gasteiger partial charge is 0.191 e. The van der Waals surface area contributed by atoms with Gasteiger partial charge in [0, 0.05) is 45.0 Å². The van der Waals surface area contributed by atoms with Crippen molar-refractivity contribution in [1.82, 2.24) is 20.5 Å². The predicted octanol–water partition coefficient (Wildman–Crippen LogP) is 3.41. The van der Waals surface area contributed by atoms with Crippen molar-refractivity contribution < 1.29 is 13.9 Å². The molecule has 0 unspecified atom stereocenters. The van der Waals surface area contributed by atoms with Crippen LogP contribution in [0.1, 0.15) is 19.4 Å². The molecule has 170 valence electrons. The summed E-state index contributed by atoms with van der Waals surface area (Å²) in [5.41, 5.74) is 0.764. The topological polar surface area (TPSA) is 71.0 Å². The van der Waals surface area contributed by atoms with Crippen LogP contribution in [0.4, 0.5) is 4.39 Å². The van der Waals surface area contributed by atoms with Gasteiger partial charge in [0.2, 0.25) is 0 Å². The van der Waals surface area contributed by atoms with Crippen molar-refractivity contribution in [1.29, 1.82) is 0 Å². The van der Waals surface area contributed by atoms with E-state index < -0.39 is 5.82 Å². The molecule has 0 atom stereocenters. The van der Waals surface area contributed by atoms with Crippen LogP contribution in [0.25, 0.3) is 0 Å². The summed E-state index contributed by atoms with van der Waals surface area (Å²) in [5.74, 6) is 0.915. The molecule has 31 heavy (non-hydrogen) atoms. The van der Waals surface area contributed by atoms with Gasteiger partial charge < -0.3 is 20.1 Å². The second kappa shape index (κ2) is 12.2. The van der Waals surface area contributed by atoms with Crippen LogP contribution in [-0.4, -0.2) is 61.3 Å². The summed E-state index contributed by atoms with van der Waals surface area (Å²) in [6.07, 6.45) is 3.18. The van der Waals surface area contributed by atoms with E-state index in [1.807, 2.05) is 6.07 Å². The summed E-state index contributed by atoms with van der Waals surface area (Å²) >= 11 is 0. The third kappa shape index (κ3) is 7.58. The lowest BCUT2D eigenvalue weighted by molar-refractivity contribution is -0.00834. The number of rotatable bonds is 7. The molecule has 1 aliphatic heterocycles. The van der Waals surface area contributed by atoms with Crippen LogP contribution in [0.5, 0.6) is 11.5 Å². The third-order valence-corrected chi connectivity index (χ3v) is 5.10. The first-order chi connectivity index (χ1) is 14.5. The van der Waals surface area contributed by atoms with E-state index in [1.165, 1.54) is 6.07 Å². The maximum atomic E-state index is 14.4. The first-order valence-corrected chi connectivity index (χ1v) is 10.1. The minimum absolute atomic E-state index is 0. The van der Waals surface area contributed by atoms with E-state index in [0.29, 0.717) is 18.3 Å². The molecular weight excluding hydrogens is 512 g/mol. The molecule has 0 radical (unpaired) electrons. The normalized spacial score (nSPS) is 15.2. The molecule has 2 N–H and O–H groups in total. The van der Waals surface area contributed by atoms with Gasteiger partial charge in [0.05, 0.1) is 19.4 Å². The van der Waals surface area contributed by atoms with Gasteiger partial charge >= 0.3 is 0 Å². The van der Waals surface area contributed by atoms with Crippen molar-refractivity contribution in [3.8, 4) is 11.5 Å². The van der Waals surface area contributed by atoms with Crippen molar-refractivity contribution in [2.45, 2.75) is 25.9 Å². The number of hydrogen-bond donors (Lipinski definition) is 2. The zero-order chi connectivity index (χ0) is 21.4. The average Bonchev–Trinajstić information content (AvgIpc) is 2.77. The molecule has 1 aliphatic rings. The van der Waals surface area contributed by atoms with Gasteiger partial charge in [0.15, 0.2) is 17.5 Å². The molecule has 0 bridgehead atoms. The molecule has 7 nitrogen and oxygen atoms in total. The molecule has 0 aliphatic carbocycles. The number of pyridine rings is 1. The summed E-state index contributed by atoms with van der Waals surface area (Å²) in [4.78, 5) is 10.6. The SMILES string of the molecule is CN=C(NCc1ccc(Oc2cccnc2)c(F)c1)NCC(C)(C)N1CCOCC1.I. The second-order valence-corrected chi connectivity index (χ2v) is 7.75. The number of halogens is 2. The summed E-state index contributed by atoms with van der Waals surface area (Å²) < 4.78 is 25.4. The number of nitrogens with zero attached hydrogens (tertiary/aromatic N) is 3. The van der Waals surface area contributed by atoms with Gasteiger partial charge in [-0.15, -0.1) is 24.0 Å². The molecule has 1 fully saturated rings. The summed E-state index contributed by atoms with van der Waals surface area (Å²) in [7, 11) is 1.72. The maximum Gasteiger partial charge on any atom is 0.191 e. The Morgan fingerprint density at radius 2 is 2.03 bits per heavy atom. The first kappa shape index (κ1) is 25.3. The Morgan fingerprint density at radius 3 is 2.68 bits per heavy atom. The van der Waals surface area contributed by atoms with E-state index in [2.05, 4.69) is 39.4 Å². The number of aliphatic imine (C=N–C) groups is 1. The van der Waals surface area contributed by atoms with Crippen LogP contribution in [-0.2, 0) is 11.3 Å². The van der Waals surface area contributed by atoms with Crippen LogP contribution in [0.3, 0.4) is 0 Å². The molecule has 1 aromatic heterocycles. The van der Waals surface area contributed by atoms with Crippen molar-refractivity contribution in [2.24, 2.45) is 4.99 Å². The van der Waals surface area contributed by atoms with E-state index in [1.54, 1.807) is 37.6 Å². The number of ether oxygens (including phenoxy) is 2. The quantitative estimate of drug-likeness (QED) is 0.317. The highest BCUT2D eigenvalue weighted by molar-refractivity contribution is 14.0. The Kier molecular flexibility index (Phi) is 9.92. The average molecular weight is 543 g/mol. The standard InChI is InChI=1S/C22H30FN5O2.HI/c1-22(2,28-9-11-29-12-10-28)16-27-21(24-3)26-14-17-6-7-20(19(23)13-17)30-18-5-4-8-25-15-18;/h4-8,13,15H,9-12,14,16H2,1-3H3,(H2,24,26,27);1H. The largest absolute Gasteiger partial charge is 0.453 e. The van der Waals surface area contributed by atoms with E-state index in [4.69, 9.17) is 9.47 Å². The lowest BCUT2D eigenvalue weighted by Gasteiger charge is -2.41. The highest BCUT2D eigenvalue weighted by Crippen LogP contribution is 2.24. The van der Waals surface area contributed by atoms with Crippen molar-refractivity contribution in [3.63, 3.8) is 0 Å². The predicted molar refractivity (Wildman–Crippen MR) is 131 cm³/mol. The highest BCUT2D eigenvalue weighted by atomic mass is 127. The van der Waals surface area contributed by atoms with Crippen molar-refractivity contribution >= 4 is 29.9 Å². The molecule has 2 aromatic rings. The fourth-order valence-electron chi connectivity index (χ4n) is 3.26. The van der Waals surface area contributed by atoms with E-state index in [-0.39, 0.29) is 35.3 Å². The van der Waals surface area contributed by atoms with Gasteiger partial charge in [-0.1, -0.05) is 6.07 Å². The van der Waals surface area contributed by atoms with Crippen molar-refractivity contribution in [3.05, 3.63) is 54.1 Å². The van der Waals surface area contributed by atoms with E-state index in [0.717, 1.165) is 38.4 Å². The number of morpholine rings is 1. The van der Waals surface area contributed by atoms with E-state index >= 15 is 0 Å². The third-order valence-electron chi connectivity index (χ3n) is 5.10. The van der Waals surface area contributed by atoms with Gasteiger partial charge in [-0.25, -0.2) is 4.39 Å². The molecule has 1 aromatic carbocycles. The molecule has 2 heterocycles. The van der Waals surface area contributed by atoms with Crippen LogP contribution >= 0.6 is 24.0 Å². The van der Waals surface area contributed by atoms with Gasteiger partial charge in [-0.05, 0) is 43.7 Å².